The molecule has 0 aliphatic carbocycles. The molecule has 5 heteroatoms. The number of carbonyl (C=O) groups is 1. The van der Waals surface area contributed by atoms with E-state index in [1.54, 1.807) is 6.92 Å². The molecule has 1 saturated heterocycles. The van der Waals surface area contributed by atoms with Crippen LogP contribution in [0.3, 0.4) is 0 Å². The van der Waals surface area contributed by atoms with E-state index in [9.17, 15) is 4.79 Å². The second-order valence-corrected chi connectivity index (χ2v) is 4.28. The highest BCUT2D eigenvalue weighted by atomic mass is 16.5. The second kappa shape index (κ2) is 5.44. The molecule has 88 valence electrons. The lowest BCUT2D eigenvalue weighted by molar-refractivity contribution is -0.132. The number of rotatable bonds is 4. The Hall–Kier alpha value is -0.650. The quantitative estimate of drug-likeness (QED) is 0.580. The van der Waals surface area contributed by atoms with Crippen LogP contribution in [-0.2, 0) is 9.53 Å². The fourth-order valence-electron chi connectivity index (χ4n) is 1.48. The molecule has 3 N–H and O–H groups in total. The van der Waals surface area contributed by atoms with Gasteiger partial charge in [-0.2, -0.15) is 0 Å². The van der Waals surface area contributed by atoms with Crippen molar-refractivity contribution in [1.82, 2.24) is 5.32 Å². The van der Waals surface area contributed by atoms with Crippen molar-refractivity contribution in [2.45, 2.75) is 25.3 Å². The van der Waals surface area contributed by atoms with Crippen LogP contribution in [0.1, 0.15) is 19.8 Å². The number of amides is 1. The van der Waals surface area contributed by atoms with Gasteiger partial charge in [-0.15, -0.1) is 0 Å². The first-order valence-corrected chi connectivity index (χ1v) is 5.23. The number of aliphatic hydroxyl groups is 2. The van der Waals surface area contributed by atoms with Gasteiger partial charge in [-0.1, -0.05) is 0 Å². The molecule has 5 nitrogen and oxygen atoms in total. The lowest BCUT2D eigenvalue weighted by atomic mass is 9.98. The van der Waals surface area contributed by atoms with E-state index < -0.39 is 5.54 Å². The van der Waals surface area contributed by atoms with Crippen molar-refractivity contribution in [3.63, 3.8) is 0 Å². The van der Waals surface area contributed by atoms with Gasteiger partial charge in [0, 0.05) is 6.61 Å². The third-order valence-electron chi connectivity index (χ3n) is 2.65. The first kappa shape index (κ1) is 12.4. The van der Waals surface area contributed by atoms with Gasteiger partial charge in [-0.05, 0) is 19.8 Å². The van der Waals surface area contributed by atoms with E-state index in [2.05, 4.69) is 5.32 Å². The predicted octanol–water partition coefficient (Wildman–Crippen LogP) is -0.728. The van der Waals surface area contributed by atoms with Gasteiger partial charge in [0.1, 0.15) is 0 Å². The molecular formula is C10H19NO4. The Balaban J connectivity index is 2.46. The van der Waals surface area contributed by atoms with E-state index in [1.807, 2.05) is 0 Å². The molecule has 0 saturated carbocycles. The maximum atomic E-state index is 11.7. The van der Waals surface area contributed by atoms with Crippen LogP contribution in [0.15, 0.2) is 0 Å². The Morgan fingerprint density at radius 3 is 2.67 bits per heavy atom. The van der Waals surface area contributed by atoms with Gasteiger partial charge in [0.2, 0.25) is 5.91 Å². The minimum absolute atomic E-state index is 0.152. The topological polar surface area (TPSA) is 78.8 Å². The molecule has 0 radical (unpaired) electrons. The molecule has 0 aromatic rings. The summed E-state index contributed by atoms with van der Waals surface area (Å²) >= 11 is 0. The third kappa shape index (κ3) is 3.44. The van der Waals surface area contributed by atoms with Crippen LogP contribution in [-0.4, -0.2) is 48.1 Å². The number of aliphatic hydroxyl groups excluding tert-OH is 2. The molecule has 15 heavy (non-hydrogen) atoms. The predicted molar refractivity (Wildman–Crippen MR) is 54.3 cm³/mol. The third-order valence-corrected chi connectivity index (χ3v) is 2.65. The van der Waals surface area contributed by atoms with Crippen molar-refractivity contribution in [3.05, 3.63) is 0 Å². The average Bonchev–Trinajstić information content (AvgIpc) is 2.30. The van der Waals surface area contributed by atoms with Crippen LogP contribution in [0.5, 0.6) is 0 Å². The Labute approximate surface area is 89.4 Å². The zero-order valence-corrected chi connectivity index (χ0v) is 9.03. The van der Waals surface area contributed by atoms with E-state index in [0.29, 0.717) is 13.2 Å². The summed E-state index contributed by atoms with van der Waals surface area (Å²) in [5.74, 6) is -0.309. The normalized spacial score (nSPS) is 22.5. The van der Waals surface area contributed by atoms with Crippen LogP contribution in [0.2, 0.25) is 0 Å². The summed E-state index contributed by atoms with van der Waals surface area (Å²) in [6.45, 7) is 2.19. The summed E-state index contributed by atoms with van der Waals surface area (Å²) in [5.41, 5.74) is -0.936. The number of carbonyl (C=O) groups excluding carboxylic acids is 1. The van der Waals surface area contributed by atoms with Crippen LogP contribution in [0.25, 0.3) is 0 Å². The maximum Gasteiger partial charge on any atom is 0.226 e. The van der Waals surface area contributed by atoms with E-state index in [4.69, 9.17) is 14.9 Å². The fourth-order valence-corrected chi connectivity index (χ4v) is 1.48. The lowest BCUT2D eigenvalue weighted by Gasteiger charge is -2.30. The van der Waals surface area contributed by atoms with E-state index in [1.165, 1.54) is 0 Å². The molecule has 0 aromatic carbocycles. The first-order chi connectivity index (χ1) is 7.11. The highest BCUT2D eigenvalue weighted by molar-refractivity contribution is 5.79. The summed E-state index contributed by atoms with van der Waals surface area (Å²) in [7, 11) is 0. The van der Waals surface area contributed by atoms with Gasteiger partial charge < -0.3 is 20.3 Å². The Morgan fingerprint density at radius 2 is 2.20 bits per heavy atom. The second-order valence-electron chi connectivity index (χ2n) is 4.28. The van der Waals surface area contributed by atoms with Crippen LogP contribution >= 0.6 is 0 Å². The van der Waals surface area contributed by atoms with Crippen molar-refractivity contribution in [1.29, 1.82) is 0 Å². The van der Waals surface area contributed by atoms with Gasteiger partial charge in [0.05, 0.1) is 31.3 Å². The molecule has 0 bridgehead atoms. The Morgan fingerprint density at radius 1 is 1.53 bits per heavy atom. The van der Waals surface area contributed by atoms with Crippen molar-refractivity contribution >= 4 is 5.91 Å². The number of ether oxygens (including phenoxy) is 1. The molecular weight excluding hydrogens is 198 g/mol. The Bertz CT molecular complexity index is 209. The van der Waals surface area contributed by atoms with Crippen LogP contribution < -0.4 is 5.32 Å². The summed E-state index contributed by atoms with van der Waals surface area (Å²) in [6.07, 6.45) is 1.69. The summed E-state index contributed by atoms with van der Waals surface area (Å²) in [6, 6.07) is 0. The highest BCUT2D eigenvalue weighted by Crippen LogP contribution is 2.15. The molecule has 1 fully saturated rings. The minimum Gasteiger partial charge on any atom is -0.394 e. The molecule has 1 amide bonds. The molecule has 1 rings (SSSR count). The fraction of sp³-hybridized carbons (Fsp3) is 0.900. The van der Waals surface area contributed by atoms with E-state index >= 15 is 0 Å². The molecule has 1 atom stereocenters. The van der Waals surface area contributed by atoms with Gasteiger partial charge in [-0.25, -0.2) is 0 Å². The SMILES string of the molecule is CC(CO)(CO)NC(=O)C1CCCOC1. The smallest absolute Gasteiger partial charge is 0.226 e. The highest BCUT2D eigenvalue weighted by Gasteiger charge is 2.29. The van der Waals surface area contributed by atoms with E-state index in [0.717, 1.165) is 12.8 Å². The molecule has 1 aliphatic rings. The van der Waals surface area contributed by atoms with Crippen LogP contribution in [0.4, 0.5) is 0 Å². The molecule has 1 heterocycles. The molecule has 1 unspecified atom stereocenters. The van der Waals surface area contributed by atoms with Gasteiger partial charge in [0.15, 0.2) is 0 Å². The average molecular weight is 217 g/mol. The van der Waals surface area contributed by atoms with Crippen molar-refractivity contribution < 1.29 is 19.7 Å². The van der Waals surface area contributed by atoms with Crippen LogP contribution in [0, 0.1) is 5.92 Å². The van der Waals surface area contributed by atoms with Crippen molar-refractivity contribution in [3.8, 4) is 0 Å². The largest absolute Gasteiger partial charge is 0.394 e. The van der Waals surface area contributed by atoms with E-state index in [-0.39, 0.29) is 25.0 Å². The minimum atomic E-state index is -0.936. The van der Waals surface area contributed by atoms with Crippen molar-refractivity contribution in [2.75, 3.05) is 26.4 Å². The van der Waals surface area contributed by atoms with Crippen molar-refractivity contribution in [2.24, 2.45) is 5.92 Å². The zero-order valence-electron chi connectivity index (χ0n) is 9.03. The first-order valence-electron chi connectivity index (χ1n) is 5.23. The zero-order chi connectivity index (χ0) is 11.3. The number of hydrogen-bond donors (Lipinski definition) is 3. The molecule has 0 spiro atoms. The lowest BCUT2D eigenvalue weighted by Crippen LogP contribution is -2.54. The summed E-state index contributed by atoms with van der Waals surface area (Å²) < 4.78 is 5.20. The molecule has 0 aromatic heterocycles. The monoisotopic (exact) mass is 217 g/mol. The number of hydrogen-bond acceptors (Lipinski definition) is 4. The summed E-state index contributed by atoms with van der Waals surface area (Å²) in [5, 5.41) is 20.7. The Kier molecular flexibility index (Phi) is 4.50. The van der Waals surface area contributed by atoms with Gasteiger partial charge in [-0.3, -0.25) is 4.79 Å². The molecule has 1 aliphatic heterocycles. The van der Waals surface area contributed by atoms with Gasteiger partial charge >= 0.3 is 0 Å². The summed E-state index contributed by atoms with van der Waals surface area (Å²) in [4.78, 5) is 11.7. The standard InChI is InChI=1S/C10H19NO4/c1-10(6-12,7-13)11-9(14)8-3-2-4-15-5-8/h8,12-13H,2-7H2,1H3,(H,11,14). The van der Waals surface area contributed by atoms with Gasteiger partial charge in [0.25, 0.3) is 0 Å². The maximum absolute atomic E-state index is 11.7. The number of nitrogens with one attached hydrogen (secondary N) is 1.